The summed E-state index contributed by atoms with van der Waals surface area (Å²) in [4.78, 5) is 24.6. The Morgan fingerprint density at radius 3 is 2.48 bits per heavy atom. The van der Waals surface area contributed by atoms with E-state index in [1.54, 1.807) is 24.9 Å². The van der Waals surface area contributed by atoms with Crippen molar-refractivity contribution in [1.29, 1.82) is 0 Å². The molecule has 0 atom stereocenters. The fraction of sp³-hybridized carbons (Fsp3) is 0.533. The molecule has 0 radical (unpaired) electrons. The minimum atomic E-state index is -0.435. The molecule has 1 amide bonds. The highest BCUT2D eigenvalue weighted by molar-refractivity contribution is 5.94. The van der Waals surface area contributed by atoms with E-state index in [9.17, 15) is 14.9 Å². The maximum atomic E-state index is 12.5. The quantitative estimate of drug-likeness (QED) is 0.683. The number of hydrogen-bond acceptors (Lipinski definition) is 4. The van der Waals surface area contributed by atoms with Crippen molar-refractivity contribution in [1.82, 2.24) is 4.90 Å². The summed E-state index contributed by atoms with van der Waals surface area (Å²) in [6.07, 6.45) is 3.69. The van der Waals surface area contributed by atoms with E-state index in [4.69, 9.17) is 5.73 Å². The second-order valence-electron chi connectivity index (χ2n) is 5.74. The third kappa shape index (κ3) is 3.39. The number of nitro groups is 1. The van der Waals surface area contributed by atoms with Gasteiger partial charge in [0.1, 0.15) is 0 Å². The molecule has 1 aliphatic rings. The van der Waals surface area contributed by atoms with E-state index in [1.165, 1.54) is 12.1 Å². The summed E-state index contributed by atoms with van der Waals surface area (Å²) in [5.41, 5.74) is 6.92. The highest BCUT2D eigenvalue weighted by Crippen LogP contribution is 2.24. The summed E-state index contributed by atoms with van der Waals surface area (Å²) in [5, 5.41) is 10.8. The third-order valence-corrected chi connectivity index (χ3v) is 4.25. The minimum absolute atomic E-state index is 0.0397. The first-order valence-electron chi connectivity index (χ1n) is 7.18. The number of amides is 1. The van der Waals surface area contributed by atoms with Gasteiger partial charge in [0, 0.05) is 36.3 Å². The average molecular weight is 291 g/mol. The molecule has 1 saturated carbocycles. The van der Waals surface area contributed by atoms with Gasteiger partial charge in [-0.05, 0) is 44.7 Å². The van der Waals surface area contributed by atoms with Crippen LogP contribution in [0.4, 0.5) is 5.69 Å². The Morgan fingerprint density at radius 2 is 1.95 bits per heavy atom. The molecular weight excluding hydrogens is 270 g/mol. The molecule has 0 heterocycles. The topological polar surface area (TPSA) is 89.5 Å². The number of carbonyl (C=O) groups is 1. The molecule has 0 aromatic heterocycles. The van der Waals surface area contributed by atoms with E-state index in [-0.39, 0.29) is 23.7 Å². The zero-order valence-corrected chi connectivity index (χ0v) is 12.4. The van der Waals surface area contributed by atoms with Gasteiger partial charge in [0.15, 0.2) is 0 Å². The monoisotopic (exact) mass is 291 g/mol. The lowest BCUT2D eigenvalue weighted by atomic mass is 9.90. The van der Waals surface area contributed by atoms with Crippen molar-refractivity contribution in [2.75, 3.05) is 7.05 Å². The molecule has 1 fully saturated rings. The second kappa shape index (κ2) is 6.22. The Balaban J connectivity index is 2.12. The van der Waals surface area contributed by atoms with Crippen LogP contribution in [0, 0.1) is 17.0 Å². The van der Waals surface area contributed by atoms with E-state index in [2.05, 4.69) is 0 Å². The molecule has 0 unspecified atom stereocenters. The second-order valence-corrected chi connectivity index (χ2v) is 5.74. The number of carbonyl (C=O) groups excluding carboxylic acids is 1. The van der Waals surface area contributed by atoms with Gasteiger partial charge in [-0.3, -0.25) is 14.9 Å². The number of rotatable bonds is 3. The molecule has 0 spiro atoms. The smallest absolute Gasteiger partial charge is 0.272 e. The first kappa shape index (κ1) is 15.4. The van der Waals surface area contributed by atoms with Gasteiger partial charge < -0.3 is 10.6 Å². The first-order chi connectivity index (χ1) is 9.90. The lowest BCUT2D eigenvalue weighted by Gasteiger charge is -2.33. The standard InChI is InChI=1S/C15H21N3O3/c1-10-9-11(3-8-14(10)18(20)21)15(19)17(2)13-6-4-12(16)5-7-13/h3,8-9,12-13H,4-7,16H2,1-2H3. The Morgan fingerprint density at radius 1 is 1.33 bits per heavy atom. The van der Waals surface area contributed by atoms with Crippen LogP contribution >= 0.6 is 0 Å². The van der Waals surface area contributed by atoms with Crippen molar-refractivity contribution >= 4 is 11.6 Å². The van der Waals surface area contributed by atoms with Gasteiger partial charge >= 0.3 is 0 Å². The van der Waals surface area contributed by atoms with Crippen molar-refractivity contribution in [3.05, 3.63) is 39.4 Å². The molecule has 1 aliphatic carbocycles. The average Bonchev–Trinajstić information content (AvgIpc) is 2.46. The lowest BCUT2D eigenvalue weighted by Crippen LogP contribution is -2.41. The predicted molar refractivity (Wildman–Crippen MR) is 80.2 cm³/mol. The number of hydrogen-bond donors (Lipinski definition) is 1. The molecule has 114 valence electrons. The summed E-state index contributed by atoms with van der Waals surface area (Å²) < 4.78 is 0. The molecule has 1 aromatic rings. The number of benzene rings is 1. The molecule has 1 aromatic carbocycles. The van der Waals surface area contributed by atoms with Crippen LogP contribution in [0.2, 0.25) is 0 Å². The Hall–Kier alpha value is -1.95. The third-order valence-electron chi connectivity index (χ3n) is 4.25. The van der Waals surface area contributed by atoms with Gasteiger partial charge in [0.05, 0.1) is 4.92 Å². The van der Waals surface area contributed by atoms with Gasteiger partial charge in [0.2, 0.25) is 0 Å². The number of nitrogens with zero attached hydrogens (tertiary/aromatic N) is 2. The van der Waals surface area contributed by atoms with Gasteiger partial charge in [0.25, 0.3) is 11.6 Å². The van der Waals surface area contributed by atoms with E-state index in [0.29, 0.717) is 11.1 Å². The van der Waals surface area contributed by atoms with E-state index < -0.39 is 4.92 Å². The van der Waals surface area contributed by atoms with Crippen LogP contribution < -0.4 is 5.73 Å². The summed E-state index contributed by atoms with van der Waals surface area (Å²) in [5.74, 6) is -0.0894. The van der Waals surface area contributed by atoms with Crippen LogP contribution in [0.3, 0.4) is 0 Å². The fourth-order valence-electron chi connectivity index (χ4n) is 2.85. The van der Waals surface area contributed by atoms with Crippen LogP contribution in [0.15, 0.2) is 18.2 Å². The Kier molecular flexibility index (Phi) is 4.57. The van der Waals surface area contributed by atoms with Crippen molar-refractivity contribution in [3.8, 4) is 0 Å². The molecular formula is C15H21N3O3. The van der Waals surface area contributed by atoms with Crippen molar-refractivity contribution in [2.45, 2.75) is 44.7 Å². The van der Waals surface area contributed by atoms with Crippen LogP contribution in [0.1, 0.15) is 41.6 Å². The number of nitrogens with two attached hydrogens (primary N) is 1. The van der Waals surface area contributed by atoms with Gasteiger partial charge in [-0.15, -0.1) is 0 Å². The molecule has 6 nitrogen and oxygen atoms in total. The molecule has 2 rings (SSSR count). The summed E-state index contributed by atoms with van der Waals surface area (Å²) >= 11 is 0. The van der Waals surface area contributed by atoms with E-state index in [0.717, 1.165) is 25.7 Å². The van der Waals surface area contributed by atoms with Crippen LogP contribution in [0.5, 0.6) is 0 Å². The van der Waals surface area contributed by atoms with Gasteiger partial charge in [-0.25, -0.2) is 0 Å². The van der Waals surface area contributed by atoms with Crippen molar-refractivity contribution < 1.29 is 9.72 Å². The van der Waals surface area contributed by atoms with Crippen LogP contribution in [-0.2, 0) is 0 Å². The van der Waals surface area contributed by atoms with Crippen molar-refractivity contribution in [3.63, 3.8) is 0 Å². The van der Waals surface area contributed by atoms with Gasteiger partial charge in [-0.1, -0.05) is 0 Å². The lowest BCUT2D eigenvalue weighted by molar-refractivity contribution is -0.385. The first-order valence-corrected chi connectivity index (χ1v) is 7.18. The molecule has 21 heavy (non-hydrogen) atoms. The fourth-order valence-corrected chi connectivity index (χ4v) is 2.85. The predicted octanol–water partition coefficient (Wildman–Crippen LogP) is 2.25. The molecule has 0 bridgehead atoms. The summed E-state index contributed by atoms with van der Waals surface area (Å²) in [6, 6.07) is 4.95. The van der Waals surface area contributed by atoms with Crippen LogP contribution in [0.25, 0.3) is 0 Å². The molecule has 0 aliphatic heterocycles. The Labute approximate surface area is 124 Å². The largest absolute Gasteiger partial charge is 0.339 e. The number of aryl methyl sites for hydroxylation is 1. The maximum Gasteiger partial charge on any atom is 0.272 e. The zero-order chi connectivity index (χ0) is 15.6. The van der Waals surface area contributed by atoms with Gasteiger partial charge in [-0.2, -0.15) is 0 Å². The van der Waals surface area contributed by atoms with Crippen molar-refractivity contribution in [2.24, 2.45) is 5.73 Å². The number of nitro benzene ring substituents is 1. The normalized spacial score (nSPS) is 21.9. The maximum absolute atomic E-state index is 12.5. The van der Waals surface area contributed by atoms with E-state index in [1.807, 2.05) is 0 Å². The summed E-state index contributed by atoms with van der Waals surface area (Å²) in [7, 11) is 1.79. The zero-order valence-electron chi connectivity index (χ0n) is 12.4. The highest BCUT2D eigenvalue weighted by Gasteiger charge is 2.26. The summed E-state index contributed by atoms with van der Waals surface area (Å²) in [6.45, 7) is 1.65. The minimum Gasteiger partial charge on any atom is -0.339 e. The molecule has 2 N–H and O–H groups in total. The van der Waals surface area contributed by atoms with Crippen LogP contribution in [-0.4, -0.2) is 34.9 Å². The highest BCUT2D eigenvalue weighted by atomic mass is 16.6. The molecule has 0 saturated heterocycles. The van der Waals surface area contributed by atoms with E-state index >= 15 is 0 Å². The molecule has 6 heteroatoms. The SMILES string of the molecule is Cc1cc(C(=O)N(C)C2CCC(N)CC2)ccc1[N+](=O)[O-]. The Bertz CT molecular complexity index is 551.